The smallest absolute Gasteiger partial charge is 0.405 e. The molecule has 0 unspecified atom stereocenters. The van der Waals surface area contributed by atoms with Gasteiger partial charge < -0.3 is 25.2 Å². The van der Waals surface area contributed by atoms with Gasteiger partial charge >= 0.3 is 6.18 Å². The molecule has 0 fully saturated rings. The number of rotatable bonds is 10. The van der Waals surface area contributed by atoms with Gasteiger partial charge in [-0.3, -0.25) is 9.59 Å². The van der Waals surface area contributed by atoms with Crippen LogP contribution in [0.2, 0.25) is 0 Å². The quantitative estimate of drug-likeness (QED) is 0.0751. The summed E-state index contributed by atoms with van der Waals surface area (Å²) in [4.78, 5) is 35.9. The number of hydrogen-bond acceptors (Lipinski definition) is 7. The number of oxime groups is 1. The number of fused-ring (bicyclic) bond motifs is 1. The van der Waals surface area contributed by atoms with E-state index >= 15 is 0 Å². The van der Waals surface area contributed by atoms with Gasteiger partial charge in [0.15, 0.2) is 5.76 Å². The molecule has 0 aliphatic heterocycles. The van der Waals surface area contributed by atoms with Crippen molar-refractivity contribution in [3.63, 3.8) is 0 Å². The van der Waals surface area contributed by atoms with Crippen LogP contribution in [0.4, 0.5) is 23.4 Å². The number of nitrogens with zero attached hydrogens (tertiary/aromatic N) is 2. The van der Waals surface area contributed by atoms with Crippen LogP contribution in [0.3, 0.4) is 0 Å². The zero-order valence-corrected chi connectivity index (χ0v) is 25.1. The van der Waals surface area contributed by atoms with Gasteiger partial charge in [0.25, 0.3) is 11.8 Å². The Hall–Kier alpha value is -5.20. The van der Waals surface area contributed by atoms with Crippen molar-refractivity contribution in [2.24, 2.45) is 5.16 Å². The Morgan fingerprint density at radius 2 is 1.71 bits per heavy atom. The number of benzene rings is 2. The van der Waals surface area contributed by atoms with Gasteiger partial charge in [-0.15, -0.1) is 0 Å². The Labute approximate surface area is 256 Å². The predicted molar refractivity (Wildman–Crippen MR) is 163 cm³/mol. The summed E-state index contributed by atoms with van der Waals surface area (Å²) in [5, 5.41) is 11.7. The molecule has 0 spiro atoms. The van der Waals surface area contributed by atoms with Crippen LogP contribution < -0.4 is 16.0 Å². The van der Waals surface area contributed by atoms with Crippen LogP contribution >= 0.6 is 0 Å². The van der Waals surface area contributed by atoms with Crippen LogP contribution in [-0.2, 0) is 4.84 Å². The number of halogens is 4. The molecule has 0 bridgehead atoms. The lowest BCUT2D eigenvalue weighted by molar-refractivity contribution is -0.115. The highest BCUT2D eigenvalue weighted by molar-refractivity contribution is 6.11. The fourth-order valence-electron chi connectivity index (χ4n) is 4.23. The molecule has 3 N–H and O–H groups in total. The number of pyridine rings is 1. The van der Waals surface area contributed by atoms with Crippen molar-refractivity contribution in [2.75, 3.05) is 18.9 Å². The van der Waals surface area contributed by atoms with Gasteiger partial charge in [0.05, 0.1) is 22.2 Å². The Kier molecular flexibility index (Phi) is 9.31. The fourth-order valence-corrected chi connectivity index (χ4v) is 4.23. The number of alkyl halides is 3. The normalized spacial score (nSPS) is 11.6. The summed E-state index contributed by atoms with van der Waals surface area (Å²) in [6, 6.07) is 12.8. The molecule has 0 saturated heterocycles. The van der Waals surface area contributed by atoms with Crippen molar-refractivity contribution in [3.05, 3.63) is 83.9 Å². The second kappa shape index (κ2) is 12.8. The lowest BCUT2D eigenvalue weighted by Crippen LogP contribution is -2.45. The van der Waals surface area contributed by atoms with Gasteiger partial charge in [0, 0.05) is 23.7 Å². The number of amides is 2. The van der Waals surface area contributed by atoms with Crippen LogP contribution in [0.25, 0.3) is 33.6 Å². The molecule has 4 aromatic rings. The van der Waals surface area contributed by atoms with Gasteiger partial charge in [-0.1, -0.05) is 23.9 Å². The van der Waals surface area contributed by atoms with Crippen molar-refractivity contribution in [2.45, 2.75) is 39.4 Å². The third-order valence-corrected chi connectivity index (χ3v) is 6.60. The Bertz CT molecular complexity index is 1790. The molecule has 9 nitrogen and oxygen atoms in total. The summed E-state index contributed by atoms with van der Waals surface area (Å²) in [6.45, 7) is 9.24. The highest BCUT2D eigenvalue weighted by Gasteiger charge is 2.30. The lowest BCUT2D eigenvalue weighted by Gasteiger charge is -2.26. The van der Waals surface area contributed by atoms with Crippen molar-refractivity contribution in [1.82, 2.24) is 15.6 Å². The van der Waals surface area contributed by atoms with Crippen LogP contribution in [0.5, 0.6) is 0 Å². The molecule has 2 heterocycles. The minimum absolute atomic E-state index is 0.0503. The molecule has 0 aliphatic carbocycles. The molecule has 0 atom stereocenters. The van der Waals surface area contributed by atoms with E-state index in [9.17, 15) is 27.2 Å². The van der Waals surface area contributed by atoms with E-state index in [1.165, 1.54) is 49.5 Å². The third-order valence-electron chi connectivity index (χ3n) is 6.60. The van der Waals surface area contributed by atoms with Crippen molar-refractivity contribution < 1.29 is 36.4 Å². The number of aromatic nitrogens is 1. The van der Waals surface area contributed by atoms with E-state index in [-0.39, 0.29) is 45.1 Å². The molecule has 0 saturated carbocycles. The Balaban J connectivity index is 1.83. The first-order chi connectivity index (χ1) is 21.1. The second-order valence-electron chi connectivity index (χ2n) is 10.8. The van der Waals surface area contributed by atoms with Crippen molar-refractivity contribution in [1.29, 1.82) is 0 Å². The largest absolute Gasteiger partial charge is 0.437 e. The van der Waals surface area contributed by atoms with E-state index in [1.807, 2.05) is 0 Å². The molecular weight excluding hydrogens is 594 g/mol. The average molecular weight is 626 g/mol. The molecule has 236 valence electrons. The van der Waals surface area contributed by atoms with Crippen LogP contribution in [0, 0.1) is 5.82 Å². The number of carbonyl (C=O) groups excluding carboxylic acids is 2. The topological polar surface area (TPSA) is 118 Å². The lowest BCUT2D eigenvalue weighted by atomic mass is 9.99. The molecule has 2 amide bonds. The first-order valence-corrected chi connectivity index (χ1v) is 13.7. The SMILES string of the molecule is C=C(ON=C(C)C)C(C)(C)NC(=O)c1cccc(-c2cc3c(C(=O)NC)c(-c4ccc(F)cc4)oc3nc2NCC(F)(F)F)c1. The highest BCUT2D eigenvalue weighted by atomic mass is 19.4. The van der Waals surface area contributed by atoms with E-state index in [0.29, 0.717) is 16.8 Å². The molecule has 4 rings (SSSR count). The number of carbonyl (C=O) groups is 2. The molecule has 13 heteroatoms. The van der Waals surface area contributed by atoms with Crippen LogP contribution in [-0.4, -0.2) is 47.8 Å². The third kappa shape index (κ3) is 7.66. The van der Waals surface area contributed by atoms with E-state index in [4.69, 9.17) is 9.25 Å². The van der Waals surface area contributed by atoms with Crippen molar-refractivity contribution in [3.8, 4) is 22.5 Å². The fraction of sp³-hybridized carbons (Fsp3) is 0.250. The number of hydrogen-bond donors (Lipinski definition) is 3. The van der Waals surface area contributed by atoms with Crippen molar-refractivity contribution >= 4 is 34.4 Å². The summed E-state index contributed by atoms with van der Waals surface area (Å²) in [5.74, 6) is -1.55. The molecule has 2 aromatic carbocycles. The minimum atomic E-state index is -4.58. The summed E-state index contributed by atoms with van der Waals surface area (Å²) in [6.07, 6.45) is -4.58. The summed E-state index contributed by atoms with van der Waals surface area (Å²) in [5.41, 5.74) is 0.554. The molecule has 2 aromatic heterocycles. The minimum Gasteiger partial charge on any atom is -0.437 e. The average Bonchev–Trinajstić information content (AvgIpc) is 3.36. The van der Waals surface area contributed by atoms with E-state index in [0.717, 1.165) is 0 Å². The summed E-state index contributed by atoms with van der Waals surface area (Å²) >= 11 is 0. The number of furan rings is 1. The zero-order valence-electron chi connectivity index (χ0n) is 25.1. The monoisotopic (exact) mass is 625 g/mol. The van der Waals surface area contributed by atoms with Crippen LogP contribution in [0.15, 0.2) is 76.5 Å². The number of anilines is 1. The first kappa shape index (κ1) is 32.7. The highest BCUT2D eigenvalue weighted by Crippen LogP contribution is 2.38. The zero-order chi connectivity index (χ0) is 33.1. The van der Waals surface area contributed by atoms with Crippen LogP contribution in [0.1, 0.15) is 48.4 Å². The number of nitrogens with one attached hydrogen (secondary N) is 3. The molecule has 45 heavy (non-hydrogen) atoms. The first-order valence-electron chi connectivity index (χ1n) is 13.7. The predicted octanol–water partition coefficient (Wildman–Crippen LogP) is 7.07. The maximum Gasteiger partial charge on any atom is 0.405 e. The Morgan fingerprint density at radius 1 is 1.02 bits per heavy atom. The summed E-state index contributed by atoms with van der Waals surface area (Å²) in [7, 11) is 1.41. The van der Waals surface area contributed by atoms with E-state index < -0.39 is 35.9 Å². The maximum absolute atomic E-state index is 13.6. The van der Waals surface area contributed by atoms with Gasteiger partial charge in [-0.05, 0) is 75.7 Å². The van der Waals surface area contributed by atoms with Gasteiger partial charge in [-0.2, -0.15) is 18.2 Å². The standard InChI is InChI=1S/C32H31F4N5O4/c1-17(2)41-45-18(3)31(4,5)40-28(42)21-9-7-8-20(14-21)23-15-24-25(29(43)37-6)26(19-10-12-22(33)13-11-19)44-30(24)39-27(23)38-16-32(34,35)36/h7-15H,3,16H2,1-2,4-6H3,(H,37,43)(H,38,39)(H,40,42). The molecular formula is C32H31F4N5O4. The van der Waals surface area contributed by atoms with E-state index in [2.05, 4.69) is 32.7 Å². The second-order valence-corrected chi connectivity index (χ2v) is 10.8. The van der Waals surface area contributed by atoms with Gasteiger partial charge in [0.1, 0.15) is 23.9 Å². The maximum atomic E-state index is 13.6. The van der Waals surface area contributed by atoms with Gasteiger partial charge in [-0.25, -0.2) is 4.39 Å². The summed E-state index contributed by atoms with van der Waals surface area (Å²) < 4.78 is 59.3. The molecule has 0 aliphatic rings. The Morgan fingerprint density at radius 3 is 2.33 bits per heavy atom. The van der Waals surface area contributed by atoms with E-state index in [1.54, 1.807) is 39.8 Å². The molecule has 0 radical (unpaired) electrons. The van der Waals surface area contributed by atoms with Gasteiger partial charge in [0.2, 0.25) is 5.71 Å².